The fourth-order valence-corrected chi connectivity index (χ4v) is 2.89. The molecule has 6 heteroatoms. The molecule has 2 heterocycles. The van der Waals surface area contributed by atoms with E-state index in [1.807, 2.05) is 0 Å². The van der Waals surface area contributed by atoms with Gasteiger partial charge in [-0.05, 0) is 38.6 Å². The van der Waals surface area contributed by atoms with Crippen molar-refractivity contribution >= 4 is 30.7 Å². The number of hydrogen-bond donors (Lipinski definition) is 2. The van der Waals surface area contributed by atoms with Crippen LogP contribution in [0.3, 0.4) is 0 Å². The van der Waals surface area contributed by atoms with Gasteiger partial charge in [-0.15, -0.1) is 24.8 Å². The third-order valence-corrected chi connectivity index (χ3v) is 4.01. The molecule has 0 spiro atoms. The summed E-state index contributed by atoms with van der Waals surface area (Å²) in [7, 11) is 0. The highest BCUT2D eigenvalue weighted by Crippen LogP contribution is 2.29. The quantitative estimate of drug-likeness (QED) is 0.814. The molecule has 0 aromatic rings. The molecule has 106 valence electrons. The Morgan fingerprint density at radius 2 is 1.94 bits per heavy atom. The fraction of sp³-hybridized carbons (Fsp3) is 0.917. The van der Waals surface area contributed by atoms with Crippen LogP contribution in [-0.2, 0) is 4.79 Å². The van der Waals surface area contributed by atoms with Gasteiger partial charge in [-0.2, -0.15) is 0 Å². The Bertz CT molecular complexity index is 280. The van der Waals surface area contributed by atoms with E-state index in [1.54, 1.807) is 0 Å². The molecule has 0 aromatic carbocycles. The highest BCUT2D eigenvalue weighted by molar-refractivity contribution is 5.85. The SMILES string of the molecule is Cl.Cl.O=C(NC1CCN(C2CC2)C1)C1CCCN1. The summed E-state index contributed by atoms with van der Waals surface area (Å²) in [5, 5.41) is 6.44. The third kappa shape index (κ3) is 3.73. The molecule has 2 N–H and O–H groups in total. The Labute approximate surface area is 121 Å². The van der Waals surface area contributed by atoms with Gasteiger partial charge in [-0.25, -0.2) is 0 Å². The maximum atomic E-state index is 11.9. The van der Waals surface area contributed by atoms with E-state index in [9.17, 15) is 4.79 Å². The molecule has 2 atom stereocenters. The van der Waals surface area contributed by atoms with Crippen LogP contribution in [0.5, 0.6) is 0 Å². The van der Waals surface area contributed by atoms with Crippen LogP contribution in [0.25, 0.3) is 0 Å². The molecule has 18 heavy (non-hydrogen) atoms. The van der Waals surface area contributed by atoms with Gasteiger partial charge in [0.05, 0.1) is 6.04 Å². The second-order valence-corrected chi connectivity index (χ2v) is 5.37. The van der Waals surface area contributed by atoms with Crippen molar-refractivity contribution < 1.29 is 4.79 Å². The van der Waals surface area contributed by atoms with Crippen LogP contribution in [0.15, 0.2) is 0 Å². The Morgan fingerprint density at radius 1 is 1.17 bits per heavy atom. The molecular weight excluding hydrogens is 273 g/mol. The van der Waals surface area contributed by atoms with E-state index in [2.05, 4.69) is 15.5 Å². The van der Waals surface area contributed by atoms with Crippen LogP contribution in [-0.4, -0.2) is 48.6 Å². The van der Waals surface area contributed by atoms with Gasteiger partial charge in [-0.1, -0.05) is 0 Å². The number of nitrogens with one attached hydrogen (secondary N) is 2. The summed E-state index contributed by atoms with van der Waals surface area (Å²) in [5.74, 6) is 0.222. The third-order valence-electron chi connectivity index (χ3n) is 4.01. The maximum absolute atomic E-state index is 11.9. The van der Waals surface area contributed by atoms with Crippen LogP contribution in [0.2, 0.25) is 0 Å². The Balaban J connectivity index is 0.000000810. The lowest BCUT2D eigenvalue weighted by Gasteiger charge is -2.18. The number of nitrogens with zero attached hydrogens (tertiary/aromatic N) is 1. The summed E-state index contributed by atoms with van der Waals surface area (Å²) >= 11 is 0. The molecule has 1 aliphatic carbocycles. The van der Waals surface area contributed by atoms with Gasteiger partial charge in [0.2, 0.25) is 5.91 Å². The molecular formula is C12H23Cl2N3O. The van der Waals surface area contributed by atoms with Gasteiger partial charge in [0.15, 0.2) is 0 Å². The molecule has 1 amide bonds. The van der Waals surface area contributed by atoms with Crippen molar-refractivity contribution in [3.63, 3.8) is 0 Å². The van der Waals surface area contributed by atoms with Gasteiger partial charge in [0.25, 0.3) is 0 Å². The minimum Gasteiger partial charge on any atom is -0.351 e. The standard InChI is InChI=1S/C12H21N3O.2ClH/c16-12(11-2-1-6-13-11)14-9-5-7-15(8-9)10-3-4-10;;/h9-11,13H,1-8H2,(H,14,16);2*1H. The van der Waals surface area contributed by atoms with Crippen molar-refractivity contribution in [3.05, 3.63) is 0 Å². The van der Waals surface area contributed by atoms with Crippen LogP contribution < -0.4 is 10.6 Å². The molecule has 3 aliphatic rings. The normalized spacial score (nSPS) is 31.6. The molecule has 3 fully saturated rings. The zero-order valence-corrected chi connectivity index (χ0v) is 12.2. The predicted molar refractivity (Wildman–Crippen MR) is 76.7 cm³/mol. The topological polar surface area (TPSA) is 44.4 Å². The van der Waals surface area contributed by atoms with Crippen molar-refractivity contribution in [1.29, 1.82) is 0 Å². The predicted octanol–water partition coefficient (Wildman–Crippen LogP) is 0.935. The monoisotopic (exact) mass is 295 g/mol. The van der Waals surface area contributed by atoms with Crippen LogP contribution in [0, 0.1) is 0 Å². The Morgan fingerprint density at radius 3 is 2.56 bits per heavy atom. The molecule has 2 saturated heterocycles. The second kappa shape index (κ2) is 6.94. The number of amides is 1. The average Bonchev–Trinajstić information content (AvgIpc) is 2.82. The molecule has 0 aromatic heterocycles. The first-order valence-electron chi connectivity index (χ1n) is 6.61. The van der Waals surface area contributed by atoms with Crippen molar-refractivity contribution in [2.24, 2.45) is 0 Å². The van der Waals surface area contributed by atoms with Crippen molar-refractivity contribution in [2.75, 3.05) is 19.6 Å². The van der Waals surface area contributed by atoms with Crippen molar-refractivity contribution in [1.82, 2.24) is 15.5 Å². The van der Waals surface area contributed by atoms with Crippen LogP contribution in [0.4, 0.5) is 0 Å². The van der Waals surface area contributed by atoms with Gasteiger partial charge in [-0.3, -0.25) is 9.69 Å². The summed E-state index contributed by atoms with van der Waals surface area (Å²) in [6, 6.07) is 1.32. The van der Waals surface area contributed by atoms with E-state index in [4.69, 9.17) is 0 Å². The number of carbonyl (C=O) groups excluding carboxylic acids is 1. The lowest BCUT2D eigenvalue weighted by atomic mass is 10.2. The zero-order valence-electron chi connectivity index (χ0n) is 10.6. The zero-order chi connectivity index (χ0) is 11.0. The van der Waals surface area contributed by atoms with E-state index in [0.717, 1.165) is 38.4 Å². The summed E-state index contributed by atoms with van der Waals surface area (Å²) in [5.41, 5.74) is 0. The summed E-state index contributed by atoms with van der Waals surface area (Å²) in [6.07, 6.45) is 6.01. The van der Waals surface area contributed by atoms with E-state index < -0.39 is 0 Å². The highest BCUT2D eigenvalue weighted by Gasteiger charge is 2.35. The van der Waals surface area contributed by atoms with Crippen LogP contribution in [0.1, 0.15) is 32.1 Å². The molecule has 1 saturated carbocycles. The van der Waals surface area contributed by atoms with E-state index >= 15 is 0 Å². The smallest absolute Gasteiger partial charge is 0.237 e. The molecule has 4 nitrogen and oxygen atoms in total. The number of likely N-dealkylation sites (tertiary alicyclic amines) is 1. The maximum Gasteiger partial charge on any atom is 0.237 e. The van der Waals surface area contributed by atoms with Gasteiger partial charge in [0.1, 0.15) is 0 Å². The molecule has 0 radical (unpaired) electrons. The lowest BCUT2D eigenvalue weighted by molar-refractivity contribution is -0.123. The highest BCUT2D eigenvalue weighted by atomic mass is 35.5. The Hall–Kier alpha value is -0.0300. The summed E-state index contributed by atoms with van der Waals surface area (Å²) in [6.45, 7) is 3.24. The first kappa shape index (κ1) is 16.0. The molecule has 2 unspecified atom stereocenters. The van der Waals surface area contributed by atoms with E-state index in [1.165, 1.54) is 19.4 Å². The number of halogens is 2. The minimum atomic E-state index is 0. The van der Waals surface area contributed by atoms with E-state index in [0.29, 0.717) is 6.04 Å². The van der Waals surface area contributed by atoms with E-state index in [-0.39, 0.29) is 36.8 Å². The fourth-order valence-electron chi connectivity index (χ4n) is 2.89. The Kier molecular flexibility index (Phi) is 6.18. The number of hydrogen-bond acceptors (Lipinski definition) is 3. The summed E-state index contributed by atoms with van der Waals surface area (Å²) in [4.78, 5) is 14.4. The largest absolute Gasteiger partial charge is 0.351 e. The van der Waals surface area contributed by atoms with Crippen molar-refractivity contribution in [3.8, 4) is 0 Å². The minimum absolute atomic E-state index is 0. The molecule has 3 rings (SSSR count). The summed E-state index contributed by atoms with van der Waals surface area (Å²) < 4.78 is 0. The average molecular weight is 296 g/mol. The number of carbonyl (C=O) groups is 1. The number of rotatable bonds is 3. The van der Waals surface area contributed by atoms with Gasteiger partial charge < -0.3 is 10.6 Å². The molecule has 2 aliphatic heterocycles. The van der Waals surface area contributed by atoms with Gasteiger partial charge >= 0.3 is 0 Å². The van der Waals surface area contributed by atoms with Crippen LogP contribution >= 0.6 is 24.8 Å². The first-order valence-corrected chi connectivity index (χ1v) is 6.61. The molecule has 0 bridgehead atoms. The van der Waals surface area contributed by atoms with Crippen molar-refractivity contribution in [2.45, 2.75) is 50.2 Å². The lowest BCUT2D eigenvalue weighted by Crippen LogP contribution is -2.46. The second-order valence-electron chi connectivity index (χ2n) is 5.37. The first-order chi connectivity index (χ1) is 7.83. The van der Waals surface area contributed by atoms with Gasteiger partial charge in [0, 0.05) is 25.2 Å².